The molecule has 1 fully saturated rings. The summed E-state index contributed by atoms with van der Waals surface area (Å²) in [4.78, 5) is 5.61. The summed E-state index contributed by atoms with van der Waals surface area (Å²) >= 11 is 1.75. The minimum atomic E-state index is -0.627. The molecule has 4 N–H and O–H groups in total. The molecule has 1 aromatic rings. The molecule has 4 nitrogen and oxygen atoms in total. The van der Waals surface area contributed by atoms with E-state index in [1.54, 1.807) is 11.3 Å². The molecule has 0 amide bonds. The van der Waals surface area contributed by atoms with Crippen molar-refractivity contribution in [3.05, 3.63) is 22.4 Å². The van der Waals surface area contributed by atoms with Gasteiger partial charge in [-0.2, -0.15) is 0 Å². The Hall–Kier alpha value is -1.07. The molecule has 106 valence electrons. The van der Waals surface area contributed by atoms with E-state index in [0.29, 0.717) is 12.5 Å². The van der Waals surface area contributed by atoms with Gasteiger partial charge in [0.05, 0.1) is 12.1 Å². The summed E-state index contributed by atoms with van der Waals surface area (Å²) < 4.78 is 0. The van der Waals surface area contributed by atoms with Gasteiger partial charge < -0.3 is 16.2 Å². The average molecular weight is 281 g/mol. The van der Waals surface area contributed by atoms with Crippen molar-refractivity contribution in [1.82, 2.24) is 5.32 Å². The summed E-state index contributed by atoms with van der Waals surface area (Å²) in [7, 11) is 0. The van der Waals surface area contributed by atoms with E-state index in [0.717, 1.165) is 38.6 Å². The highest BCUT2D eigenvalue weighted by Crippen LogP contribution is 2.27. The number of aliphatic hydroxyl groups is 1. The number of hydrogen-bond acceptors (Lipinski definition) is 3. The third-order valence-electron chi connectivity index (χ3n) is 3.59. The van der Waals surface area contributed by atoms with E-state index in [9.17, 15) is 5.11 Å². The van der Waals surface area contributed by atoms with Crippen molar-refractivity contribution in [1.29, 1.82) is 0 Å². The number of rotatable bonds is 5. The SMILES string of the molecule is NC(=NCC1(O)CCCCC1)NCCc1cccs1. The normalized spacial score (nSPS) is 19.3. The molecule has 0 aromatic carbocycles. The number of nitrogens with two attached hydrogens (primary N) is 1. The molecule has 1 aliphatic carbocycles. The first-order valence-corrected chi connectivity index (χ1v) is 7.84. The van der Waals surface area contributed by atoms with Gasteiger partial charge in [-0.1, -0.05) is 25.3 Å². The van der Waals surface area contributed by atoms with Crippen LogP contribution in [0.2, 0.25) is 0 Å². The van der Waals surface area contributed by atoms with E-state index in [1.165, 1.54) is 11.3 Å². The Morgan fingerprint density at radius 2 is 2.21 bits per heavy atom. The molecule has 1 aliphatic rings. The van der Waals surface area contributed by atoms with Gasteiger partial charge in [-0.15, -0.1) is 11.3 Å². The quantitative estimate of drug-likeness (QED) is 0.570. The van der Waals surface area contributed by atoms with Crippen LogP contribution in [0.3, 0.4) is 0 Å². The lowest BCUT2D eigenvalue weighted by atomic mass is 9.85. The molecule has 1 saturated carbocycles. The Morgan fingerprint density at radius 3 is 2.89 bits per heavy atom. The molecule has 0 aliphatic heterocycles. The van der Waals surface area contributed by atoms with Crippen molar-refractivity contribution in [2.24, 2.45) is 10.7 Å². The maximum absolute atomic E-state index is 10.3. The Bertz CT molecular complexity index is 397. The van der Waals surface area contributed by atoms with Crippen LogP contribution in [-0.2, 0) is 6.42 Å². The summed E-state index contributed by atoms with van der Waals surface area (Å²) in [6.07, 6.45) is 6.06. The molecular weight excluding hydrogens is 258 g/mol. The van der Waals surface area contributed by atoms with E-state index in [4.69, 9.17) is 5.73 Å². The first kappa shape index (κ1) is 14.3. The highest BCUT2D eigenvalue weighted by molar-refractivity contribution is 7.09. The maximum atomic E-state index is 10.3. The Balaban J connectivity index is 1.70. The minimum Gasteiger partial charge on any atom is -0.388 e. The van der Waals surface area contributed by atoms with Gasteiger partial charge in [0.15, 0.2) is 5.96 Å². The molecule has 0 saturated heterocycles. The molecule has 0 bridgehead atoms. The summed E-state index contributed by atoms with van der Waals surface area (Å²) in [6, 6.07) is 4.17. The van der Waals surface area contributed by atoms with Crippen molar-refractivity contribution in [2.75, 3.05) is 13.1 Å². The van der Waals surface area contributed by atoms with E-state index in [1.807, 2.05) is 0 Å². The van der Waals surface area contributed by atoms with Crippen molar-refractivity contribution >= 4 is 17.3 Å². The van der Waals surface area contributed by atoms with E-state index < -0.39 is 5.60 Å². The number of nitrogens with zero attached hydrogens (tertiary/aromatic N) is 1. The molecule has 0 atom stereocenters. The fraction of sp³-hybridized carbons (Fsp3) is 0.643. The van der Waals surface area contributed by atoms with Crippen LogP contribution in [0.25, 0.3) is 0 Å². The zero-order chi connectivity index (χ0) is 13.6. The van der Waals surface area contributed by atoms with E-state index >= 15 is 0 Å². The van der Waals surface area contributed by atoms with Crippen molar-refractivity contribution in [3.8, 4) is 0 Å². The van der Waals surface area contributed by atoms with Gasteiger partial charge in [-0.05, 0) is 30.7 Å². The Labute approximate surface area is 118 Å². The highest BCUT2D eigenvalue weighted by atomic mass is 32.1. The topological polar surface area (TPSA) is 70.6 Å². The third kappa shape index (κ3) is 4.84. The van der Waals surface area contributed by atoms with Crippen LogP contribution in [0, 0.1) is 0 Å². The minimum absolute atomic E-state index is 0.421. The predicted molar refractivity (Wildman–Crippen MR) is 80.5 cm³/mol. The highest BCUT2D eigenvalue weighted by Gasteiger charge is 2.28. The molecule has 0 radical (unpaired) electrons. The monoisotopic (exact) mass is 281 g/mol. The molecule has 5 heteroatoms. The molecule has 0 unspecified atom stereocenters. The van der Waals surface area contributed by atoms with Crippen LogP contribution in [-0.4, -0.2) is 29.8 Å². The molecule has 0 spiro atoms. The number of thiophene rings is 1. The fourth-order valence-corrected chi connectivity index (χ4v) is 3.13. The smallest absolute Gasteiger partial charge is 0.188 e. The van der Waals surface area contributed by atoms with Crippen LogP contribution in [0.15, 0.2) is 22.5 Å². The molecule has 1 heterocycles. The summed E-state index contributed by atoms with van der Waals surface area (Å²) in [6.45, 7) is 1.21. The maximum Gasteiger partial charge on any atom is 0.188 e. The molecule has 1 aromatic heterocycles. The van der Waals surface area contributed by atoms with Gasteiger partial charge in [0.2, 0.25) is 0 Å². The molecule has 19 heavy (non-hydrogen) atoms. The standard InChI is InChI=1S/C14H23N3OS/c15-13(16-9-6-12-5-4-10-19-12)17-11-14(18)7-2-1-3-8-14/h4-5,10,18H,1-3,6-9,11H2,(H3,15,16,17). The number of nitrogens with one attached hydrogen (secondary N) is 1. The number of hydrogen-bond donors (Lipinski definition) is 3. The third-order valence-corrected chi connectivity index (χ3v) is 4.52. The zero-order valence-corrected chi connectivity index (χ0v) is 12.1. The lowest BCUT2D eigenvalue weighted by Gasteiger charge is -2.30. The van der Waals surface area contributed by atoms with Crippen molar-refractivity contribution in [2.45, 2.75) is 44.1 Å². The Kier molecular flexibility index (Phi) is 5.22. The predicted octanol–water partition coefficient (Wildman–Crippen LogP) is 1.89. The second-order valence-corrected chi connectivity index (χ2v) is 6.27. The van der Waals surface area contributed by atoms with Crippen LogP contribution in [0.4, 0.5) is 0 Å². The number of guanidine groups is 1. The Morgan fingerprint density at radius 1 is 1.42 bits per heavy atom. The van der Waals surface area contributed by atoms with Crippen molar-refractivity contribution < 1.29 is 5.11 Å². The van der Waals surface area contributed by atoms with Gasteiger partial charge in [0.1, 0.15) is 0 Å². The first-order valence-electron chi connectivity index (χ1n) is 6.97. The van der Waals surface area contributed by atoms with Crippen LogP contribution in [0.5, 0.6) is 0 Å². The van der Waals surface area contributed by atoms with Crippen LogP contribution >= 0.6 is 11.3 Å². The lowest BCUT2D eigenvalue weighted by Crippen LogP contribution is -2.38. The van der Waals surface area contributed by atoms with Gasteiger partial charge in [0.25, 0.3) is 0 Å². The number of aliphatic imine (C=N–C) groups is 1. The average Bonchev–Trinajstić information content (AvgIpc) is 2.91. The fourth-order valence-electron chi connectivity index (χ4n) is 2.42. The van der Waals surface area contributed by atoms with Crippen LogP contribution < -0.4 is 11.1 Å². The zero-order valence-electron chi connectivity index (χ0n) is 11.3. The largest absolute Gasteiger partial charge is 0.388 e. The molecule has 2 rings (SSSR count). The van der Waals surface area contributed by atoms with Gasteiger partial charge in [0, 0.05) is 11.4 Å². The van der Waals surface area contributed by atoms with Crippen molar-refractivity contribution in [3.63, 3.8) is 0 Å². The second-order valence-electron chi connectivity index (χ2n) is 5.24. The van der Waals surface area contributed by atoms with Crippen LogP contribution in [0.1, 0.15) is 37.0 Å². The first-order chi connectivity index (χ1) is 9.18. The van der Waals surface area contributed by atoms with Gasteiger partial charge in [-0.25, -0.2) is 0 Å². The van der Waals surface area contributed by atoms with Gasteiger partial charge in [-0.3, -0.25) is 4.99 Å². The lowest BCUT2D eigenvalue weighted by molar-refractivity contribution is 0.0132. The van der Waals surface area contributed by atoms with Gasteiger partial charge >= 0.3 is 0 Å². The summed E-state index contributed by atoms with van der Waals surface area (Å²) in [5.74, 6) is 0.440. The summed E-state index contributed by atoms with van der Waals surface area (Å²) in [5, 5.41) is 15.5. The summed E-state index contributed by atoms with van der Waals surface area (Å²) in [5.41, 5.74) is 5.19. The second kappa shape index (κ2) is 6.91. The van der Waals surface area contributed by atoms with E-state index in [-0.39, 0.29) is 0 Å². The van der Waals surface area contributed by atoms with E-state index in [2.05, 4.69) is 27.8 Å². The molecular formula is C14H23N3OS.